The van der Waals surface area contributed by atoms with Crippen molar-refractivity contribution in [1.82, 2.24) is 0 Å². The SMILES string of the molecule is Cc1cccc(N2CC[N+](C)(C)CC2)c1.[I-]. The van der Waals surface area contributed by atoms with Crippen LogP contribution in [0, 0.1) is 6.92 Å². The summed E-state index contributed by atoms with van der Waals surface area (Å²) in [5.41, 5.74) is 2.74. The first-order valence-electron chi connectivity index (χ1n) is 5.70. The number of aryl methyl sites for hydroxylation is 1. The minimum Gasteiger partial charge on any atom is -1.00 e. The third-order valence-corrected chi connectivity index (χ3v) is 3.32. The topological polar surface area (TPSA) is 3.24 Å². The molecule has 0 radical (unpaired) electrons. The van der Waals surface area contributed by atoms with Gasteiger partial charge in [0.05, 0.1) is 40.3 Å². The highest BCUT2D eigenvalue weighted by atomic mass is 127. The number of likely N-dealkylation sites (N-methyl/N-ethyl adjacent to an activating group) is 1. The van der Waals surface area contributed by atoms with Gasteiger partial charge in [0.15, 0.2) is 0 Å². The molecule has 1 aliphatic heterocycles. The highest BCUT2D eigenvalue weighted by molar-refractivity contribution is 5.48. The summed E-state index contributed by atoms with van der Waals surface area (Å²) in [5, 5.41) is 0. The van der Waals surface area contributed by atoms with E-state index >= 15 is 0 Å². The van der Waals surface area contributed by atoms with Crippen LogP contribution in [0.3, 0.4) is 0 Å². The molecule has 0 aliphatic carbocycles. The largest absolute Gasteiger partial charge is 1.00 e. The van der Waals surface area contributed by atoms with Crippen molar-refractivity contribution in [2.75, 3.05) is 45.2 Å². The molecule has 1 aromatic rings. The van der Waals surface area contributed by atoms with Crippen LogP contribution in [0.1, 0.15) is 5.56 Å². The second kappa shape index (κ2) is 5.36. The highest BCUT2D eigenvalue weighted by Crippen LogP contribution is 2.18. The van der Waals surface area contributed by atoms with E-state index in [1.165, 1.54) is 37.4 Å². The average Bonchev–Trinajstić information content (AvgIpc) is 2.17. The van der Waals surface area contributed by atoms with Crippen molar-refractivity contribution in [2.45, 2.75) is 6.92 Å². The minimum absolute atomic E-state index is 0. The number of rotatable bonds is 1. The fourth-order valence-electron chi connectivity index (χ4n) is 2.09. The van der Waals surface area contributed by atoms with Crippen LogP contribution < -0.4 is 28.9 Å². The van der Waals surface area contributed by atoms with Gasteiger partial charge in [-0.1, -0.05) is 12.1 Å². The van der Waals surface area contributed by atoms with Crippen molar-refractivity contribution in [1.29, 1.82) is 0 Å². The molecular weight excluding hydrogens is 311 g/mol. The van der Waals surface area contributed by atoms with E-state index in [4.69, 9.17) is 0 Å². The lowest BCUT2D eigenvalue weighted by Crippen LogP contribution is -3.00. The van der Waals surface area contributed by atoms with Crippen LogP contribution in [0.25, 0.3) is 0 Å². The molecule has 0 spiro atoms. The highest BCUT2D eigenvalue weighted by Gasteiger charge is 2.24. The molecule has 0 bridgehead atoms. The van der Waals surface area contributed by atoms with E-state index in [0.29, 0.717) is 0 Å². The van der Waals surface area contributed by atoms with Crippen molar-refractivity contribution in [3.63, 3.8) is 0 Å². The molecule has 0 aromatic heterocycles. The van der Waals surface area contributed by atoms with Gasteiger partial charge in [0, 0.05) is 5.69 Å². The number of quaternary nitrogens is 1. The average molecular weight is 332 g/mol. The van der Waals surface area contributed by atoms with E-state index in [9.17, 15) is 0 Å². The maximum absolute atomic E-state index is 2.50. The molecule has 90 valence electrons. The Labute approximate surface area is 116 Å². The molecule has 1 aromatic carbocycles. The molecule has 0 unspecified atom stereocenters. The predicted molar refractivity (Wildman–Crippen MR) is 65.2 cm³/mol. The zero-order valence-corrected chi connectivity index (χ0v) is 12.6. The summed E-state index contributed by atoms with van der Waals surface area (Å²) < 4.78 is 1.16. The van der Waals surface area contributed by atoms with Gasteiger partial charge in [0.1, 0.15) is 0 Å². The van der Waals surface area contributed by atoms with Crippen molar-refractivity contribution < 1.29 is 28.5 Å². The van der Waals surface area contributed by atoms with Gasteiger partial charge >= 0.3 is 0 Å². The Hall–Kier alpha value is -0.290. The second-order valence-corrected chi connectivity index (χ2v) is 5.21. The van der Waals surface area contributed by atoms with E-state index < -0.39 is 0 Å². The van der Waals surface area contributed by atoms with Crippen LogP contribution in [0.15, 0.2) is 24.3 Å². The zero-order chi connectivity index (χ0) is 10.9. The molecule has 0 saturated carbocycles. The number of hydrogen-bond donors (Lipinski definition) is 0. The van der Waals surface area contributed by atoms with Gasteiger partial charge < -0.3 is 33.4 Å². The molecule has 1 saturated heterocycles. The zero-order valence-electron chi connectivity index (χ0n) is 10.4. The second-order valence-electron chi connectivity index (χ2n) is 5.21. The molecule has 1 heterocycles. The van der Waals surface area contributed by atoms with Crippen LogP contribution in [0.5, 0.6) is 0 Å². The normalized spacial score (nSPS) is 19.1. The monoisotopic (exact) mass is 332 g/mol. The fourth-order valence-corrected chi connectivity index (χ4v) is 2.09. The van der Waals surface area contributed by atoms with Gasteiger partial charge in [0.25, 0.3) is 0 Å². The number of nitrogens with zero attached hydrogens (tertiary/aromatic N) is 2. The Morgan fingerprint density at radius 2 is 1.75 bits per heavy atom. The van der Waals surface area contributed by atoms with E-state index in [0.717, 1.165) is 4.48 Å². The van der Waals surface area contributed by atoms with Gasteiger partial charge in [-0.2, -0.15) is 0 Å². The van der Waals surface area contributed by atoms with Crippen LogP contribution in [-0.2, 0) is 0 Å². The van der Waals surface area contributed by atoms with Crippen molar-refractivity contribution in [3.8, 4) is 0 Å². The van der Waals surface area contributed by atoms with Crippen LogP contribution in [0.2, 0.25) is 0 Å². The van der Waals surface area contributed by atoms with Crippen molar-refractivity contribution in [3.05, 3.63) is 29.8 Å². The molecule has 1 fully saturated rings. The Balaban J connectivity index is 0.00000128. The first-order valence-corrected chi connectivity index (χ1v) is 5.70. The predicted octanol–water partition coefficient (Wildman–Crippen LogP) is -1.10. The molecule has 0 atom stereocenters. The maximum Gasteiger partial charge on any atom is 0.0961 e. The summed E-state index contributed by atoms with van der Waals surface area (Å²) >= 11 is 0. The number of benzene rings is 1. The van der Waals surface area contributed by atoms with Gasteiger partial charge in [0.2, 0.25) is 0 Å². The molecule has 0 amide bonds. The molecular formula is C13H21IN2. The standard InChI is InChI=1S/C13H21N2.HI/c1-12-5-4-6-13(11-12)14-7-9-15(2,3)10-8-14;/h4-6,11H,7-10H2,1-3H3;1H/q+1;/p-1. The molecule has 16 heavy (non-hydrogen) atoms. The van der Waals surface area contributed by atoms with Crippen LogP contribution in [0.4, 0.5) is 5.69 Å². The lowest BCUT2D eigenvalue weighted by molar-refractivity contribution is -0.890. The van der Waals surface area contributed by atoms with E-state index in [1.807, 2.05) is 0 Å². The van der Waals surface area contributed by atoms with Gasteiger partial charge in [-0.3, -0.25) is 0 Å². The maximum atomic E-state index is 2.50. The lowest BCUT2D eigenvalue weighted by Gasteiger charge is -2.40. The summed E-state index contributed by atoms with van der Waals surface area (Å²) in [6, 6.07) is 8.82. The first-order chi connectivity index (χ1) is 7.07. The van der Waals surface area contributed by atoms with E-state index in [-0.39, 0.29) is 24.0 Å². The molecule has 0 N–H and O–H groups in total. The number of piperazine rings is 1. The molecule has 2 nitrogen and oxygen atoms in total. The Morgan fingerprint density at radius 1 is 1.12 bits per heavy atom. The third-order valence-electron chi connectivity index (χ3n) is 3.32. The molecule has 1 aliphatic rings. The van der Waals surface area contributed by atoms with Crippen LogP contribution >= 0.6 is 0 Å². The quantitative estimate of drug-likeness (QED) is 0.466. The van der Waals surface area contributed by atoms with E-state index in [1.54, 1.807) is 0 Å². The number of anilines is 1. The summed E-state index contributed by atoms with van der Waals surface area (Å²) in [5.74, 6) is 0. The summed E-state index contributed by atoms with van der Waals surface area (Å²) in [6.45, 7) is 7.00. The smallest absolute Gasteiger partial charge is 0.0961 e. The molecule has 3 heteroatoms. The van der Waals surface area contributed by atoms with Crippen molar-refractivity contribution in [2.24, 2.45) is 0 Å². The number of halogens is 1. The Morgan fingerprint density at radius 3 is 2.31 bits per heavy atom. The Bertz CT molecular complexity index is 340. The minimum atomic E-state index is 0. The third kappa shape index (κ3) is 3.35. The Kier molecular flexibility index (Phi) is 4.62. The van der Waals surface area contributed by atoms with Crippen LogP contribution in [-0.4, -0.2) is 44.8 Å². The van der Waals surface area contributed by atoms with E-state index in [2.05, 4.69) is 50.2 Å². The fraction of sp³-hybridized carbons (Fsp3) is 0.538. The van der Waals surface area contributed by atoms with Gasteiger partial charge in [-0.15, -0.1) is 0 Å². The number of hydrogen-bond acceptors (Lipinski definition) is 1. The lowest BCUT2D eigenvalue weighted by atomic mass is 10.2. The van der Waals surface area contributed by atoms with Gasteiger partial charge in [-0.05, 0) is 24.6 Å². The summed E-state index contributed by atoms with van der Waals surface area (Å²) in [4.78, 5) is 2.50. The van der Waals surface area contributed by atoms with Crippen molar-refractivity contribution >= 4 is 5.69 Å². The van der Waals surface area contributed by atoms with Gasteiger partial charge in [-0.25, -0.2) is 0 Å². The summed E-state index contributed by atoms with van der Waals surface area (Å²) in [7, 11) is 4.63. The summed E-state index contributed by atoms with van der Waals surface area (Å²) in [6.07, 6.45) is 0. The first kappa shape index (κ1) is 13.8. The molecule has 2 rings (SSSR count).